The molecule has 5 nitrogen and oxygen atoms in total. The van der Waals surface area contributed by atoms with Crippen LogP contribution in [0.1, 0.15) is 19.8 Å². The highest BCUT2D eigenvalue weighted by molar-refractivity contribution is 5.50. The summed E-state index contributed by atoms with van der Waals surface area (Å²) in [7, 11) is 0. The first kappa shape index (κ1) is 14.7. The maximum absolute atomic E-state index is 13.7. The van der Waals surface area contributed by atoms with Gasteiger partial charge in [0.2, 0.25) is 0 Å². The Morgan fingerprint density at radius 3 is 2.70 bits per heavy atom. The number of halogens is 1. The Labute approximate surface area is 117 Å². The third kappa shape index (κ3) is 3.66. The van der Waals surface area contributed by atoms with Gasteiger partial charge in [-0.3, -0.25) is 10.1 Å². The number of benzene rings is 1. The minimum atomic E-state index is -0.590. The lowest BCUT2D eigenvalue weighted by molar-refractivity contribution is -0.385. The zero-order valence-electron chi connectivity index (χ0n) is 11.6. The molecule has 0 unspecified atom stereocenters. The van der Waals surface area contributed by atoms with Gasteiger partial charge < -0.3 is 10.2 Å². The van der Waals surface area contributed by atoms with Crippen LogP contribution in [0, 0.1) is 21.8 Å². The molecule has 0 amide bonds. The first-order valence-electron chi connectivity index (χ1n) is 7.00. The molecule has 0 atom stereocenters. The summed E-state index contributed by atoms with van der Waals surface area (Å²) in [5.41, 5.74) is 0.123. The second-order valence-corrected chi connectivity index (χ2v) is 5.18. The molecule has 0 radical (unpaired) electrons. The van der Waals surface area contributed by atoms with E-state index in [1.165, 1.54) is 12.1 Å². The van der Waals surface area contributed by atoms with E-state index in [9.17, 15) is 14.5 Å². The zero-order chi connectivity index (χ0) is 14.5. The molecule has 1 heterocycles. The average Bonchev–Trinajstić information content (AvgIpc) is 2.46. The van der Waals surface area contributed by atoms with Crippen molar-refractivity contribution >= 4 is 11.4 Å². The summed E-state index contributed by atoms with van der Waals surface area (Å²) in [5, 5.41) is 13.6. The van der Waals surface area contributed by atoms with Crippen LogP contribution in [0.4, 0.5) is 15.8 Å². The highest BCUT2D eigenvalue weighted by Gasteiger charge is 2.18. The lowest BCUT2D eigenvalue weighted by atomic mass is 9.97. The minimum absolute atomic E-state index is 0.218. The summed E-state index contributed by atoms with van der Waals surface area (Å²) in [6, 6.07) is 3.72. The van der Waals surface area contributed by atoms with Gasteiger partial charge in [-0.1, -0.05) is 6.92 Å². The third-order valence-electron chi connectivity index (χ3n) is 3.90. The Hall–Kier alpha value is -1.69. The first-order valence-corrected chi connectivity index (χ1v) is 7.00. The van der Waals surface area contributed by atoms with Crippen LogP contribution in [0.15, 0.2) is 18.2 Å². The molecule has 1 fully saturated rings. The molecular weight excluding hydrogens is 261 g/mol. The molecule has 2 rings (SSSR count). The number of hydrogen-bond acceptors (Lipinski definition) is 4. The number of hydrogen-bond donors (Lipinski definition) is 1. The van der Waals surface area contributed by atoms with Crippen LogP contribution in [0.3, 0.4) is 0 Å². The largest absolute Gasteiger partial charge is 0.382 e. The van der Waals surface area contributed by atoms with Gasteiger partial charge in [-0.2, -0.15) is 0 Å². The monoisotopic (exact) mass is 281 g/mol. The average molecular weight is 281 g/mol. The molecule has 1 N–H and O–H groups in total. The summed E-state index contributed by atoms with van der Waals surface area (Å²) >= 11 is 0. The maximum Gasteiger partial charge on any atom is 0.272 e. The summed E-state index contributed by atoms with van der Waals surface area (Å²) in [5.74, 6) is -0.0300. The maximum atomic E-state index is 13.7. The van der Waals surface area contributed by atoms with Crippen LogP contribution in [-0.4, -0.2) is 36.0 Å². The van der Waals surface area contributed by atoms with E-state index in [4.69, 9.17) is 0 Å². The fraction of sp³-hybridized carbons (Fsp3) is 0.571. The van der Waals surface area contributed by atoms with Crippen molar-refractivity contribution in [1.29, 1.82) is 0 Å². The Morgan fingerprint density at radius 1 is 1.45 bits per heavy atom. The number of nitrogens with zero attached hydrogens (tertiary/aromatic N) is 2. The van der Waals surface area contributed by atoms with Gasteiger partial charge in [0.15, 0.2) is 5.82 Å². The number of likely N-dealkylation sites (tertiary alicyclic amines) is 1. The first-order chi connectivity index (χ1) is 9.60. The molecule has 110 valence electrons. The van der Waals surface area contributed by atoms with E-state index in [0.29, 0.717) is 18.2 Å². The van der Waals surface area contributed by atoms with Crippen molar-refractivity contribution in [2.24, 2.45) is 5.92 Å². The van der Waals surface area contributed by atoms with Gasteiger partial charge in [0.1, 0.15) is 0 Å². The van der Waals surface area contributed by atoms with E-state index in [0.717, 1.165) is 38.5 Å². The molecule has 1 aliphatic rings. The number of nitro benzene ring substituents is 1. The van der Waals surface area contributed by atoms with Gasteiger partial charge in [-0.15, -0.1) is 0 Å². The molecule has 0 saturated carbocycles. The minimum Gasteiger partial charge on any atom is -0.382 e. The van der Waals surface area contributed by atoms with Gasteiger partial charge in [0.05, 0.1) is 16.7 Å². The van der Waals surface area contributed by atoms with Crippen molar-refractivity contribution in [3.63, 3.8) is 0 Å². The molecular formula is C14H20FN3O2. The predicted molar refractivity (Wildman–Crippen MR) is 76.4 cm³/mol. The zero-order valence-corrected chi connectivity index (χ0v) is 11.6. The number of non-ortho nitro benzene ring substituents is 1. The number of rotatable bonds is 5. The van der Waals surface area contributed by atoms with Crippen LogP contribution in [0.5, 0.6) is 0 Å². The van der Waals surface area contributed by atoms with Crippen LogP contribution < -0.4 is 5.32 Å². The number of piperidine rings is 1. The topological polar surface area (TPSA) is 58.4 Å². The fourth-order valence-electron chi connectivity index (χ4n) is 2.52. The smallest absolute Gasteiger partial charge is 0.272 e. The lowest BCUT2D eigenvalue weighted by Gasteiger charge is -2.31. The van der Waals surface area contributed by atoms with E-state index < -0.39 is 10.7 Å². The molecule has 1 saturated heterocycles. The molecule has 1 aromatic rings. The van der Waals surface area contributed by atoms with Crippen molar-refractivity contribution in [2.45, 2.75) is 19.8 Å². The summed E-state index contributed by atoms with van der Waals surface area (Å²) in [6.45, 7) is 6.13. The quantitative estimate of drug-likeness (QED) is 0.666. The Bertz CT molecular complexity index is 473. The van der Waals surface area contributed by atoms with Crippen LogP contribution in [0.25, 0.3) is 0 Å². The van der Waals surface area contributed by atoms with Crippen molar-refractivity contribution in [3.8, 4) is 0 Å². The van der Waals surface area contributed by atoms with Crippen molar-refractivity contribution in [3.05, 3.63) is 34.1 Å². The van der Waals surface area contributed by atoms with Crippen molar-refractivity contribution in [2.75, 3.05) is 31.5 Å². The molecule has 0 aromatic heterocycles. The van der Waals surface area contributed by atoms with Crippen molar-refractivity contribution < 1.29 is 9.31 Å². The number of anilines is 1. The van der Waals surface area contributed by atoms with E-state index in [1.54, 1.807) is 0 Å². The number of nitrogens with one attached hydrogen (secondary N) is 1. The van der Waals surface area contributed by atoms with Crippen molar-refractivity contribution in [1.82, 2.24) is 4.90 Å². The number of nitro groups is 1. The molecule has 0 spiro atoms. The van der Waals surface area contributed by atoms with E-state index >= 15 is 0 Å². The van der Waals surface area contributed by atoms with E-state index in [2.05, 4.69) is 17.1 Å². The lowest BCUT2D eigenvalue weighted by Crippen LogP contribution is -2.35. The van der Waals surface area contributed by atoms with Gasteiger partial charge in [0, 0.05) is 12.6 Å². The normalized spacial score (nSPS) is 17.1. The predicted octanol–water partition coefficient (Wildman–Crippen LogP) is 2.88. The summed E-state index contributed by atoms with van der Waals surface area (Å²) in [6.07, 6.45) is 2.21. The second kappa shape index (κ2) is 6.65. The second-order valence-electron chi connectivity index (χ2n) is 5.18. The Morgan fingerprint density at radius 2 is 2.15 bits per heavy atom. The third-order valence-corrected chi connectivity index (χ3v) is 3.90. The van der Waals surface area contributed by atoms with Crippen LogP contribution >= 0.6 is 0 Å². The molecule has 20 heavy (non-hydrogen) atoms. The summed E-state index contributed by atoms with van der Waals surface area (Å²) < 4.78 is 13.7. The highest BCUT2D eigenvalue weighted by Crippen LogP contribution is 2.22. The molecule has 0 aliphatic carbocycles. The van der Waals surface area contributed by atoms with Gasteiger partial charge in [-0.25, -0.2) is 4.39 Å². The highest BCUT2D eigenvalue weighted by atomic mass is 19.1. The molecule has 1 aliphatic heterocycles. The molecule has 6 heteroatoms. The summed E-state index contributed by atoms with van der Waals surface area (Å²) in [4.78, 5) is 12.4. The van der Waals surface area contributed by atoms with Gasteiger partial charge in [0.25, 0.3) is 5.69 Å². The van der Waals surface area contributed by atoms with Gasteiger partial charge >= 0.3 is 0 Å². The Kier molecular flexibility index (Phi) is 4.89. The standard InChI is InChI=1S/C14H20FN3O2/c1-2-17-7-5-11(6-8-17)10-16-14-4-3-12(18(19)20)9-13(14)15/h3-4,9,11,16H,2,5-8,10H2,1H3. The molecule has 1 aromatic carbocycles. The fourth-order valence-corrected chi connectivity index (χ4v) is 2.52. The van der Waals surface area contributed by atoms with Gasteiger partial charge in [-0.05, 0) is 44.5 Å². The van der Waals surface area contributed by atoms with E-state index in [-0.39, 0.29) is 5.69 Å². The van der Waals surface area contributed by atoms with Crippen LogP contribution in [0.2, 0.25) is 0 Å². The Balaban J connectivity index is 1.87. The molecule has 0 bridgehead atoms. The van der Waals surface area contributed by atoms with E-state index in [1.807, 2.05) is 0 Å². The SMILES string of the molecule is CCN1CCC(CNc2ccc([N+](=O)[O-])cc2F)CC1. The van der Waals surface area contributed by atoms with Crippen LogP contribution in [-0.2, 0) is 0 Å².